The summed E-state index contributed by atoms with van der Waals surface area (Å²) in [6.45, 7) is 7.35. The number of hydrogen-bond acceptors (Lipinski definition) is 8. The Labute approximate surface area is 186 Å². The molecule has 2 saturated heterocycles. The molecule has 0 bridgehead atoms. The minimum atomic E-state index is -0.554. The number of ether oxygens (including phenoxy) is 1. The summed E-state index contributed by atoms with van der Waals surface area (Å²) in [5.41, 5.74) is 0.342. The Hall–Kier alpha value is -2.85. The van der Waals surface area contributed by atoms with Crippen molar-refractivity contribution in [1.82, 2.24) is 25.4 Å². The zero-order valence-corrected chi connectivity index (χ0v) is 18.4. The van der Waals surface area contributed by atoms with Crippen LogP contribution in [-0.4, -0.2) is 76.5 Å². The zero-order valence-electron chi connectivity index (χ0n) is 18.4. The van der Waals surface area contributed by atoms with Crippen LogP contribution in [0.1, 0.15) is 37.0 Å². The number of aliphatic hydroxyl groups is 1. The molecule has 0 unspecified atom stereocenters. The second-order valence-corrected chi connectivity index (χ2v) is 8.75. The summed E-state index contributed by atoms with van der Waals surface area (Å²) >= 11 is 0. The van der Waals surface area contributed by atoms with Gasteiger partial charge in [0.25, 0.3) is 11.8 Å². The van der Waals surface area contributed by atoms with Gasteiger partial charge < -0.3 is 25.0 Å². The summed E-state index contributed by atoms with van der Waals surface area (Å²) < 4.78 is 20.0. The lowest BCUT2D eigenvalue weighted by Gasteiger charge is -2.52. The van der Waals surface area contributed by atoms with Crippen LogP contribution < -0.4 is 15.0 Å². The van der Waals surface area contributed by atoms with E-state index in [2.05, 4.69) is 25.4 Å². The van der Waals surface area contributed by atoms with Crippen molar-refractivity contribution in [3.05, 3.63) is 35.9 Å². The maximum Gasteiger partial charge on any atom is 0.282 e. The fraction of sp³-hybridized carbons (Fsp3) is 0.545. The van der Waals surface area contributed by atoms with Gasteiger partial charge in [-0.3, -0.25) is 4.79 Å². The van der Waals surface area contributed by atoms with Gasteiger partial charge >= 0.3 is 0 Å². The molecule has 32 heavy (non-hydrogen) atoms. The third-order valence-corrected chi connectivity index (χ3v) is 6.19. The predicted octanol–water partition coefficient (Wildman–Crippen LogP) is 1.84. The van der Waals surface area contributed by atoms with E-state index >= 15 is 0 Å². The van der Waals surface area contributed by atoms with Gasteiger partial charge in [0, 0.05) is 31.1 Å². The Kier molecular flexibility index (Phi) is 6.52. The maximum absolute atomic E-state index is 14.0. The van der Waals surface area contributed by atoms with Crippen LogP contribution in [0.15, 0.2) is 24.5 Å². The molecule has 1 spiro atoms. The highest BCUT2D eigenvalue weighted by Gasteiger charge is 2.45. The number of aromatic nitrogens is 3. The molecule has 2 aliphatic rings. The number of piperidine rings is 1. The largest absolute Gasteiger partial charge is 0.434 e. The van der Waals surface area contributed by atoms with Crippen LogP contribution in [0.2, 0.25) is 0 Å². The van der Waals surface area contributed by atoms with Crippen LogP contribution in [0.5, 0.6) is 11.6 Å². The number of aliphatic hydroxyl groups excluding tert-OH is 1. The van der Waals surface area contributed by atoms with Gasteiger partial charge in [-0.15, -0.1) is 10.2 Å². The molecule has 9 nitrogen and oxygen atoms in total. The minimum absolute atomic E-state index is 0.0576. The van der Waals surface area contributed by atoms with Crippen molar-refractivity contribution in [2.75, 3.05) is 44.2 Å². The van der Waals surface area contributed by atoms with Gasteiger partial charge in [-0.05, 0) is 58.0 Å². The number of anilines is 1. The van der Waals surface area contributed by atoms with Crippen LogP contribution in [0, 0.1) is 11.2 Å². The molecule has 2 aliphatic heterocycles. The lowest BCUT2D eigenvalue weighted by molar-refractivity contribution is 0.0662. The third kappa shape index (κ3) is 4.51. The first-order valence-electron chi connectivity index (χ1n) is 10.9. The van der Waals surface area contributed by atoms with Gasteiger partial charge in [0.1, 0.15) is 17.9 Å². The first-order chi connectivity index (χ1) is 15.4. The van der Waals surface area contributed by atoms with Gasteiger partial charge in [-0.2, -0.15) is 0 Å². The number of hydrogen-bond donors (Lipinski definition) is 2. The molecule has 1 aromatic heterocycles. The lowest BCUT2D eigenvalue weighted by atomic mass is 9.72. The number of carbonyl (C=O) groups excluding carboxylic acids is 1. The minimum Gasteiger partial charge on any atom is -0.434 e. The number of nitrogens with zero attached hydrogens (tertiary/aromatic N) is 5. The standard InChI is InChI=1S/C22H29FN6O3/c1-15(2)29(9-10-30)21(31)17-11-16(23)3-4-18(17)32-20-19(25-14-26-27-20)28-12-22(13-28)5-7-24-8-6-22/h3-4,11,14-15,24,30H,5-10,12-13H2,1-2H3. The highest BCUT2D eigenvalue weighted by atomic mass is 19.1. The third-order valence-electron chi connectivity index (χ3n) is 6.19. The Morgan fingerprint density at radius 2 is 2.09 bits per heavy atom. The molecule has 10 heteroatoms. The summed E-state index contributed by atoms with van der Waals surface area (Å²) in [5.74, 6) is -0.0835. The van der Waals surface area contributed by atoms with Gasteiger partial charge in [-0.25, -0.2) is 9.37 Å². The van der Waals surface area contributed by atoms with E-state index in [1.54, 1.807) is 0 Å². The molecule has 0 saturated carbocycles. The average Bonchev–Trinajstić information content (AvgIpc) is 2.77. The predicted molar refractivity (Wildman–Crippen MR) is 116 cm³/mol. The molecule has 0 atom stereocenters. The first kappa shape index (κ1) is 22.3. The number of nitrogens with one attached hydrogen (secondary N) is 1. The fourth-order valence-corrected chi connectivity index (χ4v) is 4.45. The highest BCUT2D eigenvalue weighted by Crippen LogP contribution is 2.43. The first-order valence-corrected chi connectivity index (χ1v) is 10.9. The van der Waals surface area contributed by atoms with E-state index in [1.807, 2.05) is 13.8 Å². The van der Waals surface area contributed by atoms with Gasteiger partial charge in [0.05, 0.1) is 12.2 Å². The number of halogens is 1. The molecule has 1 aromatic carbocycles. The molecular formula is C22H29FN6O3. The number of rotatable bonds is 7. The number of carbonyl (C=O) groups is 1. The van der Waals surface area contributed by atoms with Gasteiger partial charge in [0.2, 0.25) is 0 Å². The second kappa shape index (κ2) is 9.33. The van der Waals surface area contributed by atoms with Crippen LogP contribution >= 0.6 is 0 Å². The summed E-state index contributed by atoms with van der Waals surface area (Å²) in [4.78, 5) is 21.1. The van der Waals surface area contributed by atoms with Crippen LogP contribution in [-0.2, 0) is 0 Å². The molecule has 3 heterocycles. The van der Waals surface area contributed by atoms with E-state index in [1.165, 1.54) is 23.4 Å². The molecule has 2 aromatic rings. The molecule has 1 amide bonds. The SMILES string of the molecule is CC(C)N(CCO)C(=O)c1cc(F)ccc1Oc1nncnc1N1CC2(CCNCC2)C1. The van der Waals surface area contributed by atoms with Crippen molar-refractivity contribution in [2.24, 2.45) is 5.41 Å². The topological polar surface area (TPSA) is 104 Å². The van der Waals surface area contributed by atoms with Crippen LogP contribution in [0.25, 0.3) is 0 Å². The van der Waals surface area contributed by atoms with E-state index in [4.69, 9.17) is 4.74 Å². The highest BCUT2D eigenvalue weighted by molar-refractivity contribution is 5.97. The van der Waals surface area contributed by atoms with Gasteiger partial charge in [0.15, 0.2) is 5.82 Å². The van der Waals surface area contributed by atoms with E-state index in [-0.39, 0.29) is 41.8 Å². The number of benzene rings is 1. The second-order valence-electron chi connectivity index (χ2n) is 8.75. The van der Waals surface area contributed by atoms with Gasteiger partial charge in [-0.1, -0.05) is 0 Å². The molecule has 0 radical (unpaired) electrons. The molecule has 0 aliphatic carbocycles. The molecule has 2 N–H and O–H groups in total. The van der Waals surface area contributed by atoms with E-state index in [9.17, 15) is 14.3 Å². The van der Waals surface area contributed by atoms with Crippen molar-refractivity contribution in [2.45, 2.75) is 32.7 Å². The van der Waals surface area contributed by atoms with E-state index in [0.717, 1.165) is 45.1 Å². The Morgan fingerprint density at radius 1 is 1.34 bits per heavy atom. The normalized spacial score (nSPS) is 17.3. The van der Waals surface area contributed by atoms with Crippen molar-refractivity contribution in [3.63, 3.8) is 0 Å². The molecule has 172 valence electrons. The quantitative estimate of drug-likeness (QED) is 0.667. The Bertz CT molecular complexity index is 958. The summed E-state index contributed by atoms with van der Waals surface area (Å²) in [5, 5.41) is 20.7. The summed E-state index contributed by atoms with van der Waals surface area (Å²) in [6.07, 6.45) is 3.60. The van der Waals surface area contributed by atoms with E-state index < -0.39 is 11.7 Å². The van der Waals surface area contributed by atoms with Crippen molar-refractivity contribution in [1.29, 1.82) is 0 Å². The molecule has 4 rings (SSSR count). The average molecular weight is 445 g/mol. The smallest absolute Gasteiger partial charge is 0.282 e. The molecule has 2 fully saturated rings. The van der Waals surface area contributed by atoms with Crippen LogP contribution in [0.3, 0.4) is 0 Å². The Morgan fingerprint density at radius 3 is 2.78 bits per heavy atom. The van der Waals surface area contributed by atoms with Crippen molar-refractivity contribution >= 4 is 11.7 Å². The van der Waals surface area contributed by atoms with Crippen LogP contribution in [0.4, 0.5) is 10.2 Å². The van der Waals surface area contributed by atoms with E-state index in [0.29, 0.717) is 5.82 Å². The van der Waals surface area contributed by atoms with Crippen molar-refractivity contribution < 1.29 is 19.0 Å². The summed E-state index contributed by atoms with van der Waals surface area (Å²) in [6, 6.07) is 3.60. The zero-order chi connectivity index (χ0) is 22.7. The molecular weight excluding hydrogens is 415 g/mol. The van der Waals surface area contributed by atoms with Crippen molar-refractivity contribution in [3.8, 4) is 11.6 Å². The Balaban J connectivity index is 1.58. The monoisotopic (exact) mass is 444 g/mol. The lowest BCUT2D eigenvalue weighted by Crippen LogP contribution is -2.60. The maximum atomic E-state index is 14.0. The summed E-state index contributed by atoms with van der Waals surface area (Å²) in [7, 11) is 0. The fourth-order valence-electron chi connectivity index (χ4n) is 4.45. The number of amides is 1.